The first kappa shape index (κ1) is 15.2. The molecule has 0 aromatic heterocycles. The summed E-state index contributed by atoms with van der Waals surface area (Å²) in [6.07, 6.45) is 3.23. The summed E-state index contributed by atoms with van der Waals surface area (Å²) < 4.78 is 9.54. The number of esters is 3. The Balaban J connectivity index is 1.88. The highest BCUT2D eigenvalue weighted by atomic mass is 16.6. The fourth-order valence-corrected chi connectivity index (χ4v) is 2.03. The van der Waals surface area contributed by atoms with Gasteiger partial charge in [-0.1, -0.05) is 6.42 Å². The number of hydrogen-bond donors (Lipinski definition) is 1. The van der Waals surface area contributed by atoms with E-state index in [2.05, 4.69) is 4.74 Å². The molecule has 2 rings (SSSR count). The van der Waals surface area contributed by atoms with Crippen LogP contribution in [-0.2, 0) is 9.47 Å². The van der Waals surface area contributed by atoms with Crippen molar-refractivity contribution in [2.45, 2.75) is 25.7 Å². The molecule has 0 aliphatic carbocycles. The lowest BCUT2D eigenvalue weighted by molar-refractivity contribution is 0.0442. The summed E-state index contributed by atoms with van der Waals surface area (Å²) in [5.41, 5.74) is 0.480. The molecule has 6 nitrogen and oxygen atoms in total. The smallest absolute Gasteiger partial charge is 0.346 e. The van der Waals surface area contributed by atoms with Gasteiger partial charge >= 0.3 is 17.9 Å². The molecule has 0 spiro atoms. The van der Waals surface area contributed by atoms with E-state index in [1.165, 1.54) is 18.2 Å². The van der Waals surface area contributed by atoms with E-state index in [1.807, 2.05) is 0 Å². The van der Waals surface area contributed by atoms with E-state index >= 15 is 0 Å². The summed E-state index contributed by atoms with van der Waals surface area (Å²) in [7, 11) is 0. The van der Waals surface area contributed by atoms with Crippen LogP contribution in [0.3, 0.4) is 0 Å². The Morgan fingerprint density at radius 1 is 1.05 bits per heavy atom. The van der Waals surface area contributed by atoms with Crippen LogP contribution >= 0.6 is 0 Å². The first-order valence-corrected chi connectivity index (χ1v) is 6.82. The number of cyclic esters (lactones) is 2. The lowest BCUT2D eigenvalue weighted by atomic mass is 10.1. The van der Waals surface area contributed by atoms with Gasteiger partial charge in [-0.3, -0.25) is 0 Å². The molecule has 1 heterocycles. The minimum Gasteiger partial charge on any atom is -0.462 e. The molecule has 1 aromatic carbocycles. The first-order valence-electron chi connectivity index (χ1n) is 6.82. The zero-order valence-electron chi connectivity index (χ0n) is 11.5. The van der Waals surface area contributed by atoms with Crippen molar-refractivity contribution in [2.24, 2.45) is 0 Å². The fraction of sp³-hybridized carbons (Fsp3) is 0.400. The maximum absolute atomic E-state index is 11.8. The van der Waals surface area contributed by atoms with E-state index in [1.54, 1.807) is 0 Å². The normalized spacial score (nSPS) is 13.0. The Kier molecular flexibility index (Phi) is 5.05. The molecule has 112 valence electrons. The van der Waals surface area contributed by atoms with Gasteiger partial charge < -0.3 is 14.6 Å². The summed E-state index contributed by atoms with van der Waals surface area (Å²) in [6.45, 7) is 0.453. The summed E-state index contributed by atoms with van der Waals surface area (Å²) in [5, 5.41) is 8.63. The number of benzene rings is 1. The summed E-state index contributed by atoms with van der Waals surface area (Å²) in [4.78, 5) is 34.5. The van der Waals surface area contributed by atoms with Crippen molar-refractivity contribution < 1.29 is 29.0 Å². The molecular weight excluding hydrogens is 276 g/mol. The molecule has 0 atom stereocenters. The molecule has 0 saturated carbocycles. The summed E-state index contributed by atoms with van der Waals surface area (Å²) in [5.74, 6) is -1.97. The third-order valence-corrected chi connectivity index (χ3v) is 3.17. The van der Waals surface area contributed by atoms with Crippen molar-refractivity contribution in [1.29, 1.82) is 0 Å². The van der Waals surface area contributed by atoms with E-state index in [0.717, 1.165) is 25.7 Å². The van der Waals surface area contributed by atoms with Crippen LogP contribution in [0.1, 0.15) is 56.8 Å². The quantitative estimate of drug-likeness (QED) is 0.467. The van der Waals surface area contributed by atoms with E-state index in [9.17, 15) is 14.4 Å². The van der Waals surface area contributed by atoms with Crippen LogP contribution < -0.4 is 0 Å². The standard InChI is InChI=1S/C15H16O6/c16-7-3-1-2-4-8-20-13(17)10-5-6-11-12(9-10)15(19)21-14(11)18/h5-6,9,16H,1-4,7-8H2. The molecule has 1 N–H and O–H groups in total. The highest BCUT2D eigenvalue weighted by Gasteiger charge is 2.30. The summed E-state index contributed by atoms with van der Waals surface area (Å²) >= 11 is 0. The maximum atomic E-state index is 11.8. The average Bonchev–Trinajstić information content (AvgIpc) is 2.77. The van der Waals surface area contributed by atoms with Crippen LogP contribution in [0.5, 0.6) is 0 Å². The second-order valence-electron chi connectivity index (χ2n) is 4.71. The molecule has 6 heteroatoms. The van der Waals surface area contributed by atoms with E-state index in [0.29, 0.717) is 0 Å². The van der Waals surface area contributed by atoms with E-state index in [4.69, 9.17) is 9.84 Å². The highest BCUT2D eigenvalue weighted by Crippen LogP contribution is 2.21. The maximum Gasteiger partial charge on any atom is 0.346 e. The lowest BCUT2D eigenvalue weighted by Crippen LogP contribution is -2.08. The molecule has 1 aromatic rings. The molecule has 0 unspecified atom stereocenters. The summed E-state index contributed by atoms with van der Waals surface area (Å²) in [6, 6.07) is 4.14. The van der Waals surface area contributed by atoms with Crippen LogP contribution in [0.4, 0.5) is 0 Å². The van der Waals surface area contributed by atoms with Crippen molar-refractivity contribution in [3.63, 3.8) is 0 Å². The van der Waals surface area contributed by atoms with Gasteiger partial charge in [0.1, 0.15) is 0 Å². The molecule has 1 aliphatic rings. The number of ether oxygens (including phenoxy) is 2. The van der Waals surface area contributed by atoms with Gasteiger partial charge in [0.25, 0.3) is 0 Å². The SMILES string of the molecule is O=C(OCCCCCCO)c1ccc2c(c1)C(=O)OC2=O. The molecule has 1 aliphatic heterocycles. The highest BCUT2D eigenvalue weighted by molar-refractivity contribution is 6.15. The van der Waals surface area contributed by atoms with Crippen LogP contribution in [0.25, 0.3) is 0 Å². The molecule has 0 bridgehead atoms. The van der Waals surface area contributed by atoms with Gasteiger partial charge in [-0.25, -0.2) is 14.4 Å². The lowest BCUT2D eigenvalue weighted by Gasteiger charge is -2.05. The van der Waals surface area contributed by atoms with Gasteiger partial charge in [0.2, 0.25) is 0 Å². The number of aliphatic hydroxyl groups is 1. The monoisotopic (exact) mass is 292 g/mol. The van der Waals surface area contributed by atoms with Gasteiger partial charge in [0.05, 0.1) is 23.3 Å². The van der Waals surface area contributed by atoms with Crippen molar-refractivity contribution >= 4 is 17.9 Å². The predicted molar refractivity (Wildman–Crippen MR) is 72.0 cm³/mol. The number of carbonyl (C=O) groups is 3. The third kappa shape index (κ3) is 3.66. The van der Waals surface area contributed by atoms with Gasteiger partial charge in [-0.05, 0) is 37.5 Å². The second kappa shape index (κ2) is 6.99. The molecule has 0 amide bonds. The number of hydrogen-bond acceptors (Lipinski definition) is 6. The zero-order chi connectivity index (χ0) is 15.2. The van der Waals surface area contributed by atoms with Crippen molar-refractivity contribution in [1.82, 2.24) is 0 Å². The average molecular weight is 292 g/mol. The molecular formula is C15H16O6. The Morgan fingerprint density at radius 3 is 2.52 bits per heavy atom. The molecule has 21 heavy (non-hydrogen) atoms. The van der Waals surface area contributed by atoms with Crippen molar-refractivity contribution in [3.8, 4) is 0 Å². The Labute approximate surface area is 121 Å². The van der Waals surface area contributed by atoms with E-state index < -0.39 is 17.9 Å². The van der Waals surface area contributed by atoms with Crippen molar-refractivity contribution in [2.75, 3.05) is 13.2 Å². The fourth-order valence-electron chi connectivity index (χ4n) is 2.03. The number of unbranched alkanes of at least 4 members (excludes halogenated alkanes) is 3. The van der Waals surface area contributed by atoms with Crippen LogP contribution in [0.15, 0.2) is 18.2 Å². The van der Waals surface area contributed by atoms with Gasteiger partial charge in [0.15, 0.2) is 0 Å². The van der Waals surface area contributed by atoms with Gasteiger partial charge in [0, 0.05) is 6.61 Å². The zero-order valence-corrected chi connectivity index (χ0v) is 11.5. The largest absolute Gasteiger partial charge is 0.462 e. The minimum atomic E-state index is -0.742. The van der Waals surface area contributed by atoms with Gasteiger partial charge in [-0.15, -0.1) is 0 Å². The topological polar surface area (TPSA) is 89.9 Å². The Morgan fingerprint density at radius 2 is 1.76 bits per heavy atom. The molecule has 0 radical (unpaired) electrons. The Hall–Kier alpha value is -2.21. The minimum absolute atomic E-state index is 0.0948. The predicted octanol–water partition coefficient (Wildman–Crippen LogP) is 1.71. The van der Waals surface area contributed by atoms with Crippen LogP contribution in [0.2, 0.25) is 0 Å². The number of aliphatic hydroxyl groups excluding tert-OH is 1. The Bertz CT molecular complexity index is 563. The third-order valence-electron chi connectivity index (χ3n) is 3.17. The molecule has 0 fully saturated rings. The number of fused-ring (bicyclic) bond motifs is 1. The number of carbonyl (C=O) groups excluding carboxylic acids is 3. The van der Waals surface area contributed by atoms with Crippen molar-refractivity contribution in [3.05, 3.63) is 34.9 Å². The van der Waals surface area contributed by atoms with Gasteiger partial charge in [-0.2, -0.15) is 0 Å². The van der Waals surface area contributed by atoms with Crippen LogP contribution in [-0.4, -0.2) is 36.2 Å². The second-order valence-corrected chi connectivity index (χ2v) is 4.71. The van der Waals surface area contributed by atoms with Crippen LogP contribution in [0, 0.1) is 0 Å². The first-order chi connectivity index (χ1) is 10.1. The van der Waals surface area contributed by atoms with E-state index in [-0.39, 0.29) is 29.9 Å². The number of rotatable bonds is 7. The molecule has 0 saturated heterocycles.